The molecule has 0 radical (unpaired) electrons. The number of rotatable bonds is 12. The fourth-order valence-corrected chi connectivity index (χ4v) is 3.58. The van der Waals surface area contributed by atoms with Crippen LogP contribution in [0.3, 0.4) is 0 Å². The van der Waals surface area contributed by atoms with Crippen LogP contribution in [-0.4, -0.2) is 30.9 Å². The third-order valence-corrected chi connectivity index (χ3v) is 5.62. The number of hydrogen-bond acceptors (Lipinski definition) is 5. The summed E-state index contributed by atoms with van der Waals surface area (Å²) in [5.41, 5.74) is 0.793. The molecule has 0 saturated carbocycles. The van der Waals surface area contributed by atoms with Crippen molar-refractivity contribution >= 4 is 19.5 Å². The molecule has 0 aromatic heterocycles. The molecule has 0 fully saturated rings. The zero-order valence-electron chi connectivity index (χ0n) is 18.6. The molecule has 2 amide bonds. The number of carbonyl (C=O) groups is 2. The van der Waals surface area contributed by atoms with E-state index < -0.39 is 25.9 Å². The van der Waals surface area contributed by atoms with Crippen molar-refractivity contribution in [1.29, 1.82) is 0 Å². The van der Waals surface area contributed by atoms with E-state index in [2.05, 4.69) is 15.7 Å². The summed E-state index contributed by atoms with van der Waals surface area (Å²) in [5.74, 6) is 0.0612. The van der Waals surface area contributed by atoms with E-state index in [1.54, 1.807) is 12.1 Å². The Balaban J connectivity index is 0.00000841. The second-order valence-corrected chi connectivity index (χ2v) is 9.56. The summed E-state index contributed by atoms with van der Waals surface area (Å²) in [5, 5.41) is 7.42. The molecular formula is C20H33LiN3O5P. The number of ether oxygens (including phenoxy) is 1. The molecule has 0 bridgehead atoms. The summed E-state index contributed by atoms with van der Waals surface area (Å²) < 4.78 is 17.4. The van der Waals surface area contributed by atoms with Gasteiger partial charge in [0.05, 0.1) is 19.8 Å². The molecule has 0 spiro atoms. The van der Waals surface area contributed by atoms with Crippen molar-refractivity contribution in [3.63, 3.8) is 0 Å². The van der Waals surface area contributed by atoms with Crippen molar-refractivity contribution in [2.45, 2.75) is 53.2 Å². The van der Waals surface area contributed by atoms with E-state index in [9.17, 15) is 19.0 Å². The zero-order valence-corrected chi connectivity index (χ0v) is 19.5. The van der Waals surface area contributed by atoms with Crippen molar-refractivity contribution in [2.24, 2.45) is 11.8 Å². The minimum Gasteiger partial charge on any atom is -0.787 e. The molecule has 8 nitrogen and oxygen atoms in total. The molecule has 0 aliphatic heterocycles. The van der Waals surface area contributed by atoms with E-state index in [4.69, 9.17) is 4.74 Å². The van der Waals surface area contributed by atoms with Crippen molar-refractivity contribution in [2.75, 3.05) is 12.8 Å². The van der Waals surface area contributed by atoms with Gasteiger partial charge in [-0.2, -0.15) is 0 Å². The van der Waals surface area contributed by atoms with Crippen molar-refractivity contribution < 1.29 is 42.6 Å². The molecule has 0 aliphatic rings. The molecule has 10 heteroatoms. The molecule has 0 aliphatic carbocycles. The zero-order chi connectivity index (χ0) is 21.9. The minimum absolute atomic E-state index is 0. The molecule has 164 valence electrons. The quantitative estimate of drug-likeness (QED) is 0.305. The van der Waals surface area contributed by atoms with Crippen molar-refractivity contribution in [3.8, 4) is 0 Å². The average molecular weight is 433 g/mol. The van der Waals surface area contributed by atoms with Crippen molar-refractivity contribution in [3.05, 3.63) is 35.9 Å². The van der Waals surface area contributed by atoms with Crippen LogP contribution < -0.4 is 39.5 Å². The Hall–Kier alpha value is -1.29. The van der Waals surface area contributed by atoms with Crippen LogP contribution in [0.4, 0.5) is 4.79 Å². The maximum Gasteiger partial charge on any atom is 1.00 e. The van der Waals surface area contributed by atoms with Crippen LogP contribution in [0.25, 0.3) is 0 Å². The Bertz CT molecular complexity index is 690. The molecule has 1 aromatic rings. The molecule has 30 heavy (non-hydrogen) atoms. The standard InChI is InChI=1S/C20H34N3O5P.Li/c1-5-16(4)12-21-19(24)18(11-15(2)3)23-29(26,27)14-22-20(25)28-13-17-9-7-6-8-10-17;/h6-10,15-16,18H,5,11-14H2,1-4H3,(H,21,24)(H,22,25)(H2,23,26,27);/q;+1/p-1/t16?,18-;/m0./s1. The van der Waals surface area contributed by atoms with Gasteiger partial charge in [0.1, 0.15) is 6.61 Å². The Morgan fingerprint density at radius 1 is 1.13 bits per heavy atom. The van der Waals surface area contributed by atoms with Crippen molar-refractivity contribution in [1.82, 2.24) is 15.7 Å². The number of hydrogen-bond donors (Lipinski definition) is 3. The van der Waals surface area contributed by atoms with Crippen LogP contribution in [0.15, 0.2) is 30.3 Å². The van der Waals surface area contributed by atoms with E-state index in [0.717, 1.165) is 12.0 Å². The van der Waals surface area contributed by atoms with E-state index in [1.165, 1.54) is 0 Å². The van der Waals surface area contributed by atoms with Crippen LogP contribution >= 0.6 is 7.52 Å². The fourth-order valence-electron chi connectivity index (χ4n) is 2.46. The van der Waals surface area contributed by atoms with Gasteiger partial charge in [-0.15, -0.1) is 0 Å². The number of benzene rings is 1. The monoisotopic (exact) mass is 433 g/mol. The second-order valence-electron chi connectivity index (χ2n) is 7.64. The average Bonchev–Trinajstić information content (AvgIpc) is 2.68. The predicted molar refractivity (Wildman–Crippen MR) is 111 cm³/mol. The summed E-state index contributed by atoms with van der Waals surface area (Å²) in [6.07, 6.45) is -0.212. The van der Waals surface area contributed by atoms with Gasteiger partial charge in [-0.1, -0.05) is 64.4 Å². The number of carbonyl (C=O) groups excluding carboxylic acids is 2. The molecule has 3 N–H and O–H groups in total. The molecule has 2 unspecified atom stereocenters. The smallest absolute Gasteiger partial charge is 0.787 e. The molecule has 1 rings (SSSR count). The molecule has 1 aromatic carbocycles. The van der Waals surface area contributed by atoms with E-state index in [1.807, 2.05) is 45.9 Å². The molecule has 0 saturated heterocycles. The fraction of sp³-hybridized carbons (Fsp3) is 0.600. The van der Waals surface area contributed by atoms with Gasteiger partial charge in [-0.25, -0.2) is 4.79 Å². The minimum atomic E-state index is -4.24. The predicted octanol–water partition coefficient (Wildman–Crippen LogP) is -0.406. The van der Waals surface area contributed by atoms with Crippen LogP contribution in [0.1, 0.15) is 46.1 Å². The maximum atomic E-state index is 12.4. The summed E-state index contributed by atoms with van der Waals surface area (Å²) in [6, 6.07) is 8.17. The van der Waals surface area contributed by atoms with Crippen LogP contribution in [0, 0.1) is 11.8 Å². The van der Waals surface area contributed by atoms with E-state index >= 15 is 0 Å². The van der Waals surface area contributed by atoms with Gasteiger partial charge in [-0.3, -0.25) is 9.88 Å². The summed E-state index contributed by atoms with van der Waals surface area (Å²) >= 11 is 0. The maximum absolute atomic E-state index is 12.4. The third kappa shape index (κ3) is 12.4. The van der Waals surface area contributed by atoms with Crippen LogP contribution in [0.5, 0.6) is 0 Å². The largest absolute Gasteiger partial charge is 1.00 e. The molecular weight excluding hydrogens is 400 g/mol. The van der Waals surface area contributed by atoms with Crippen LogP contribution in [0.2, 0.25) is 0 Å². The Labute approximate surface area is 191 Å². The van der Waals surface area contributed by atoms with E-state index in [0.29, 0.717) is 18.9 Å². The Kier molecular flexibility index (Phi) is 14.0. The number of amides is 2. The Morgan fingerprint density at radius 3 is 2.33 bits per heavy atom. The number of nitrogens with one attached hydrogen (secondary N) is 3. The normalized spacial score (nSPS) is 14.7. The Morgan fingerprint density at radius 2 is 1.77 bits per heavy atom. The molecule has 3 atom stereocenters. The molecule has 0 heterocycles. The summed E-state index contributed by atoms with van der Waals surface area (Å²) in [4.78, 5) is 36.6. The second kappa shape index (κ2) is 14.7. The third-order valence-electron chi connectivity index (χ3n) is 4.34. The van der Waals surface area contributed by atoms with Gasteiger partial charge in [0.2, 0.25) is 5.91 Å². The first-order chi connectivity index (χ1) is 13.6. The summed E-state index contributed by atoms with van der Waals surface area (Å²) in [6.45, 7) is 8.37. The first-order valence-corrected chi connectivity index (χ1v) is 11.7. The first-order valence-electron chi connectivity index (χ1n) is 9.93. The topological polar surface area (TPSA) is 120 Å². The number of alkyl carbamates (subject to hydrolysis) is 1. The van der Waals surface area contributed by atoms with Gasteiger partial charge in [0.25, 0.3) is 0 Å². The summed E-state index contributed by atoms with van der Waals surface area (Å²) in [7, 11) is -4.24. The van der Waals surface area contributed by atoms with Gasteiger partial charge >= 0.3 is 25.0 Å². The van der Waals surface area contributed by atoms with Gasteiger partial charge in [-0.05, 0) is 23.8 Å². The first kappa shape index (κ1) is 28.7. The van der Waals surface area contributed by atoms with Gasteiger partial charge in [0.15, 0.2) is 0 Å². The van der Waals surface area contributed by atoms with Gasteiger partial charge in [0, 0.05) is 6.54 Å². The SMILES string of the molecule is CCC(C)CNC(=O)[C@H](CC(C)C)NP(=O)([O-])CNC(=O)OCc1ccccc1.[Li+]. The van der Waals surface area contributed by atoms with E-state index in [-0.39, 0.29) is 37.3 Å². The van der Waals surface area contributed by atoms with Gasteiger partial charge < -0.3 is 24.8 Å². The van der Waals surface area contributed by atoms with Crippen LogP contribution in [-0.2, 0) is 20.7 Å².